The number of aromatic nitrogens is 7. The largest absolute Gasteiger partial charge is 0.479 e. The van der Waals surface area contributed by atoms with Crippen molar-refractivity contribution in [3.8, 4) is 34.9 Å². The van der Waals surface area contributed by atoms with Gasteiger partial charge >= 0.3 is 0 Å². The van der Waals surface area contributed by atoms with Crippen LogP contribution < -0.4 is 14.2 Å². The molecule has 0 spiro atoms. The third-order valence-electron chi connectivity index (χ3n) is 5.91. The second kappa shape index (κ2) is 10.8. The Labute approximate surface area is 219 Å². The monoisotopic (exact) mass is 535 g/mol. The van der Waals surface area contributed by atoms with Gasteiger partial charge < -0.3 is 9.47 Å². The van der Waals surface area contributed by atoms with Gasteiger partial charge in [-0.15, -0.1) is 10.2 Å². The van der Waals surface area contributed by atoms with Gasteiger partial charge in [0.1, 0.15) is 12.2 Å². The first-order valence-corrected chi connectivity index (χ1v) is 12.9. The van der Waals surface area contributed by atoms with Crippen molar-refractivity contribution in [2.75, 3.05) is 18.9 Å². The van der Waals surface area contributed by atoms with E-state index >= 15 is 0 Å². The van der Waals surface area contributed by atoms with E-state index in [1.165, 1.54) is 25.1 Å². The van der Waals surface area contributed by atoms with Crippen molar-refractivity contribution >= 4 is 16.0 Å². The summed E-state index contributed by atoms with van der Waals surface area (Å²) in [6.45, 7) is 5.14. The van der Waals surface area contributed by atoms with Gasteiger partial charge in [0.05, 0.1) is 31.1 Å². The minimum absolute atomic E-state index is 0.0873. The summed E-state index contributed by atoms with van der Waals surface area (Å²) in [5.41, 5.74) is 1.90. The molecule has 0 saturated heterocycles. The van der Waals surface area contributed by atoms with Gasteiger partial charge in [-0.3, -0.25) is 9.29 Å². The molecule has 1 aromatic carbocycles. The molecular weight excluding hydrogens is 510 g/mol. The molecule has 0 bridgehead atoms. The number of sulfonamides is 1. The summed E-state index contributed by atoms with van der Waals surface area (Å²) in [7, 11) is -1.24. The molecule has 0 unspecified atom stereocenters. The van der Waals surface area contributed by atoms with Gasteiger partial charge in [0.25, 0.3) is 0 Å². The number of ether oxygens (including phenoxy) is 2. The number of benzene rings is 1. The van der Waals surface area contributed by atoms with E-state index in [9.17, 15) is 13.7 Å². The summed E-state index contributed by atoms with van der Waals surface area (Å²) in [4.78, 5) is 16.8. The minimum Gasteiger partial charge on any atom is -0.479 e. The highest BCUT2D eigenvalue weighted by Gasteiger charge is 2.33. The van der Waals surface area contributed by atoms with E-state index in [4.69, 9.17) is 9.47 Å². The summed E-state index contributed by atoms with van der Waals surface area (Å²) in [5.74, 6) is 0.0732. The van der Waals surface area contributed by atoms with Gasteiger partial charge in [-0.1, -0.05) is 19.1 Å². The predicted octanol–water partition coefficient (Wildman–Crippen LogP) is 2.65. The average Bonchev–Trinajstić information content (AvgIpc) is 3.34. The maximum Gasteiger partial charge on any atom is 0.245 e. The van der Waals surface area contributed by atoms with Crippen molar-refractivity contribution in [1.29, 1.82) is 5.26 Å². The molecule has 0 aliphatic heterocycles. The Balaban J connectivity index is 1.85. The topological polar surface area (TPSA) is 171 Å². The molecular formula is C24H25N9O4S. The van der Waals surface area contributed by atoms with Gasteiger partial charge in [-0.05, 0) is 31.5 Å². The molecule has 1 N–H and O–H groups in total. The maximum atomic E-state index is 13.5. The van der Waals surface area contributed by atoms with Crippen molar-refractivity contribution in [3.05, 3.63) is 59.9 Å². The molecule has 14 heteroatoms. The van der Waals surface area contributed by atoms with Crippen molar-refractivity contribution in [2.24, 2.45) is 0 Å². The average molecular weight is 536 g/mol. The number of nitrogens with one attached hydrogen (secondary N) is 1. The SMILES string of the molecule is COc1ncnc(OC)c1-n1c(NS(=O)(=O)[C@@H](C)[C@H](C)c2ncc(C)cn2)nnc1-c1cccc(C#N)c1. The fourth-order valence-electron chi connectivity index (χ4n) is 3.65. The van der Waals surface area contributed by atoms with Gasteiger partial charge in [0, 0.05) is 23.9 Å². The number of methoxy groups -OCH3 is 2. The summed E-state index contributed by atoms with van der Waals surface area (Å²) < 4.78 is 41.9. The molecule has 0 saturated carbocycles. The number of nitrogens with zero attached hydrogens (tertiary/aromatic N) is 8. The van der Waals surface area contributed by atoms with E-state index in [1.54, 1.807) is 50.5 Å². The molecule has 0 amide bonds. The highest BCUT2D eigenvalue weighted by molar-refractivity contribution is 7.93. The van der Waals surface area contributed by atoms with Gasteiger partial charge in [0.15, 0.2) is 11.5 Å². The van der Waals surface area contributed by atoms with E-state index < -0.39 is 21.2 Å². The second-order valence-electron chi connectivity index (χ2n) is 8.38. The quantitative estimate of drug-likeness (QED) is 0.334. The lowest BCUT2D eigenvalue weighted by Crippen LogP contribution is -2.31. The van der Waals surface area contributed by atoms with E-state index in [0.29, 0.717) is 17.0 Å². The number of hydrogen-bond acceptors (Lipinski definition) is 11. The Morgan fingerprint density at radius 3 is 2.29 bits per heavy atom. The van der Waals surface area contributed by atoms with Crippen LogP contribution in [0.4, 0.5) is 5.95 Å². The molecule has 0 aliphatic carbocycles. The lowest BCUT2D eigenvalue weighted by molar-refractivity contribution is 0.368. The first-order chi connectivity index (χ1) is 18.2. The summed E-state index contributed by atoms with van der Waals surface area (Å²) in [5, 5.41) is 16.8. The van der Waals surface area contributed by atoms with Crippen molar-refractivity contribution in [1.82, 2.24) is 34.7 Å². The van der Waals surface area contributed by atoms with Crippen LogP contribution >= 0.6 is 0 Å². The number of anilines is 1. The molecule has 3 heterocycles. The normalized spacial score (nSPS) is 12.8. The smallest absolute Gasteiger partial charge is 0.245 e. The zero-order valence-corrected chi connectivity index (χ0v) is 22.1. The highest BCUT2D eigenvalue weighted by atomic mass is 32.2. The molecule has 4 rings (SSSR count). The Morgan fingerprint density at radius 2 is 1.68 bits per heavy atom. The van der Waals surface area contributed by atoms with Crippen LogP contribution in [0.2, 0.25) is 0 Å². The molecule has 3 aromatic heterocycles. The van der Waals surface area contributed by atoms with Gasteiger partial charge in [-0.25, -0.2) is 18.4 Å². The molecule has 0 aliphatic rings. The first-order valence-electron chi connectivity index (χ1n) is 11.4. The van der Waals surface area contributed by atoms with Crippen LogP contribution in [-0.2, 0) is 10.0 Å². The first kappa shape index (κ1) is 26.4. The third-order valence-corrected chi connectivity index (χ3v) is 7.77. The van der Waals surface area contributed by atoms with Crippen LogP contribution in [0.5, 0.6) is 11.8 Å². The fraction of sp³-hybridized carbons (Fsp3) is 0.292. The van der Waals surface area contributed by atoms with E-state index in [1.807, 2.05) is 6.92 Å². The number of nitriles is 1. The number of rotatable bonds is 9. The molecule has 2 atom stereocenters. The molecule has 0 fully saturated rings. The van der Waals surface area contributed by atoms with E-state index in [0.717, 1.165) is 5.56 Å². The Kier molecular flexibility index (Phi) is 7.49. The molecule has 38 heavy (non-hydrogen) atoms. The van der Waals surface area contributed by atoms with Crippen molar-refractivity contribution < 1.29 is 17.9 Å². The van der Waals surface area contributed by atoms with E-state index in [2.05, 4.69) is 40.9 Å². The standard InChI is InChI=1S/C24H25N9O4S/c1-14-11-26-20(27-12-14)15(2)16(3)38(34,35)32-24-31-30-21(18-8-6-7-17(9-18)10-25)33(24)19-22(36-4)28-13-29-23(19)37-5/h6-9,11-13,15-16H,1-5H3,(H,31,32)/t15-,16-/m0/s1. The Bertz CT molecular complexity index is 1580. The molecule has 196 valence electrons. The summed E-state index contributed by atoms with van der Waals surface area (Å²) in [6, 6.07) is 8.70. The lowest BCUT2D eigenvalue weighted by Gasteiger charge is -2.21. The second-order valence-corrected chi connectivity index (χ2v) is 10.4. The fourth-order valence-corrected chi connectivity index (χ4v) is 4.88. The number of hydrogen-bond donors (Lipinski definition) is 1. The highest BCUT2D eigenvalue weighted by Crippen LogP contribution is 2.35. The lowest BCUT2D eigenvalue weighted by atomic mass is 10.1. The predicted molar refractivity (Wildman–Crippen MR) is 137 cm³/mol. The Hall–Kier alpha value is -4.64. The van der Waals surface area contributed by atoms with Crippen molar-refractivity contribution in [2.45, 2.75) is 31.9 Å². The Morgan fingerprint density at radius 1 is 1.03 bits per heavy atom. The van der Waals surface area contributed by atoms with E-state index in [-0.39, 0.29) is 29.2 Å². The van der Waals surface area contributed by atoms with Crippen LogP contribution in [0.15, 0.2) is 43.0 Å². The van der Waals surface area contributed by atoms with Crippen LogP contribution in [0.25, 0.3) is 17.1 Å². The number of aryl methyl sites for hydroxylation is 1. The zero-order valence-electron chi connectivity index (χ0n) is 21.3. The van der Waals surface area contributed by atoms with Gasteiger partial charge in [0.2, 0.25) is 27.7 Å². The zero-order chi connectivity index (χ0) is 27.4. The van der Waals surface area contributed by atoms with Crippen molar-refractivity contribution in [3.63, 3.8) is 0 Å². The van der Waals surface area contributed by atoms with Gasteiger partial charge in [-0.2, -0.15) is 15.2 Å². The molecule has 0 radical (unpaired) electrons. The van der Waals surface area contributed by atoms with Crippen LogP contribution in [0, 0.1) is 18.3 Å². The summed E-state index contributed by atoms with van der Waals surface area (Å²) >= 11 is 0. The van der Waals surface area contributed by atoms with Crippen LogP contribution in [-0.4, -0.2) is 62.6 Å². The molecule has 4 aromatic rings. The van der Waals surface area contributed by atoms with Crippen LogP contribution in [0.1, 0.15) is 36.7 Å². The third kappa shape index (κ3) is 5.09. The summed E-state index contributed by atoms with van der Waals surface area (Å²) in [6.07, 6.45) is 4.52. The maximum absolute atomic E-state index is 13.5. The van der Waals surface area contributed by atoms with Crippen LogP contribution in [0.3, 0.4) is 0 Å². The minimum atomic E-state index is -4.05. The molecule has 13 nitrogen and oxygen atoms in total.